The maximum Gasteiger partial charge on any atom is 0.356 e. The van der Waals surface area contributed by atoms with Crippen molar-refractivity contribution in [2.45, 2.75) is 38.8 Å². The Bertz CT molecular complexity index is 856. The third kappa shape index (κ3) is 3.80. The van der Waals surface area contributed by atoms with E-state index < -0.39 is 5.97 Å². The smallest absolute Gasteiger partial charge is 0.356 e. The van der Waals surface area contributed by atoms with Gasteiger partial charge in [0.25, 0.3) is 0 Å². The number of hydrogen-bond donors (Lipinski definition) is 1. The molecule has 0 radical (unpaired) electrons. The lowest BCUT2D eigenvalue weighted by atomic mass is 10.0. The molecule has 1 saturated heterocycles. The largest absolute Gasteiger partial charge is 0.476 e. The van der Waals surface area contributed by atoms with Gasteiger partial charge in [0.2, 0.25) is 5.91 Å². The van der Waals surface area contributed by atoms with Crippen LogP contribution in [-0.4, -0.2) is 51.4 Å². The monoisotopic (exact) mass is 383 g/mol. The third-order valence-corrected chi connectivity index (χ3v) is 5.61. The molecule has 1 amide bonds. The van der Waals surface area contributed by atoms with Gasteiger partial charge < -0.3 is 14.7 Å². The number of ether oxygens (including phenoxy) is 1. The quantitative estimate of drug-likeness (QED) is 0.826. The minimum atomic E-state index is -1.03. The average molecular weight is 383 g/mol. The lowest BCUT2D eigenvalue weighted by Gasteiger charge is -2.29. The van der Waals surface area contributed by atoms with Gasteiger partial charge in [0, 0.05) is 43.9 Å². The molecule has 0 bridgehead atoms. The van der Waals surface area contributed by atoms with Crippen LogP contribution in [0, 0.1) is 5.92 Å². The summed E-state index contributed by atoms with van der Waals surface area (Å²) in [6.45, 7) is 2.69. The van der Waals surface area contributed by atoms with E-state index in [1.165, 1.54) is 5.56 Å². The number of aromatic carboxylic acids is 1. The topological polar surface area (TPSA) is 84.7 Å². The van der Waals surface area contributed by atoms with Gasteiger partial charge in [0.05, 0.1) is 12.5 Å². The molecule has 2 aromatic rings. The van der Waals surface area contributed by atoms with E-state index in [-0.39, 0.29) is 17.5 Å². The summed E-state index contributed by atoms with van der Waals surface area (Å²) in [5, 5.41) is 14.0. The minimum Gasteiger partial charge on any atom is -0.476 e. The summed E-state index contributed by atoms with van der Waals surface area (Å²) in [7, 11) is 0. The fourth-order valence-corrected chi connectivity index (χ4v) is 4.10. The molecule has 1 atom stereocenters. The van der Waals surface area contributed by atoms with Gasteiger partial charge in [-0.3, -0.25) is 9.48 Å². The normalized spacial score (nSPS) is 18.9. The molecule has 0 aliphatic carbocycles. The van der Waals surface area contributed by atoms with Crippen molar-refractivity contribution in [1.82, 2.24) is 14.7 Å². The molecule has 7 nitrogen and oxygen atoms in total. The van der Waals surface area contributed by atoms with Crippen LogP contribution in [0.4, 0.5) is 0 Å². The molecule has 28 heavy (non-hydrogen) atoms. The van der Waals surface area contributed by atoms with Crippen molar-refractivity contribution in [2.24, 2.45) is 5.92 Å². The van der Waals surface area contributed by atoms with E-state index in [1.54, 1.807) is 4.90 Å². The Labute approximate surface area is 163 Å². The van der Waals surface area contributed by atoms with Gasteiger partial charge in [0.1, 0.15) is 0 Å². The number of aromatic nitrogens is 2. The Morgan fingerprint density at radius 2 is 2.07 bits per heavy atom. The summed E-state index contributed by atoms with van der Waals surface area (Å²) in [5.41, 5.74) is 2.98. The van der Waals surface area contributed by atoms with Crippen molar-refractivity contribution in [3.63, 3.8) is 0 Å². The number of hydrogen-bond acceptors (Lipinski definition) is 4. The second kappa shape index (κ2) is 8.14. The van der Waals surface area contributed by atoms with Gasteiger partial charge >= 0.3 is 5.97 Å². The molecule has 2 aliphatic rings. The van der Waals surface area contributed by atoms with E-state index in [0.29, 0.717) is 44.8 Å². The molecule has 4 rings (SSSR count). The predicted octanol–water partition coefficient (Wildman–Crippen LogP) is 2.14. The van der Waals surface area contributed by atoms with Crippen molar-refractivity contribution in [3.8, 4) is 0 Å². The number of carbonyl (C=O) groups excluding carboxylic acids is 1. The highest BCUT2D eigenvalue weighted by Gasteiger charge is 2.33. The lowest BCUT2D eigenvalue weighted by molar-refractivity contribution is -0.136. The second-order valence-corrected chi connectivity index (χ2v) is 7.46. The van der Waals surface area contributed by atoms with Crippen LogP contribution in [-0.2, 0) is 35.5 Å². The van der Waals surface area contributed by atoms with E-state index >= 15 is 0 Å². The number of benzene rings is 1. The van der Waals surface area contributed by atoms with Crippen molar-refractivity contribution in [3.05, 3.63) is 52.8 Å². The van der Waals surface area contributed by atoms with E-state index in [1.807, 2.05) is 22.9 Å². The Kier molecular flexibility index (Phi) is 5.43. The number of carboxylic acid groups (broad SMARTS) is 1. The lowest BCUT2D eigenvalue weighted by Crippen LogP contribution is -2.40. The Morgan fingerprint density at radius 1 is 1.25 bits per heavy atom. The first-order chi connectivity index (χ1) is 13.6. The van der Waals surface area contributed by atoms with Crippen LogP contribution in [0.25, 0.3) is 0 Å². The van der Waals surface area contributed by atoms with Crippen molar-refractivity contribution >= 4 is 11.9 Å². The number of carboxylic acids is 1. The molecular formula is C21H25N3O4. The second-order valence-electron chi connectivity index (χ2n) is 7.46. The molecule has 3 heterocycles. The first-order valence-corrected chi connectivity index (χ1v) is 9.86. The molecule has 1 fully saturated rings. The summed E-state index contributed by atoms with van der Waals surface area (Å²) >= 11 is 0. The Hall–Kier alpha value is -2.67. The fraction of sp³-hybridized carbons (Fsp3) is 0.476. The predicted molar refractivity (Wildman–Crippen MR) is 102 cm³/mol. The summed E-state index contributed by atoms with van der Waals surface area (Å²) < 4.78 is 7.16. The highest BCUT2D eigenvalue weighted by molar-refractivity contribution is 5.88. The first-order valence-electron chi connectivity index (χ1n) is 9.86. The summed E-state index contributed by atoms with van der Waals surface area (Å²) in [5.74, 6) is -1.07. The molecule has 0 spiro atoms. The standard InChI is InChI=1S/C21H25N3O4/c25-20(16-9-12-28-14-16)23-11-8-18-17(13-23)19(21(26)27)22-24(18)10-4-7-15-5-2-1-3-6-15/h1-3,5-6,16H,4,7-14H2,(H,26,27)/t16-/m0/s1. The number of nitrogens with zero attached hydrogens (tertiary/aromatic N) is 3. The van der Waals surface area contributed by atoms with E-state index in [2.05, 4.69) is 17.2 Å². The van der Waals surface area contributed by atoms with E-state index in [9.17, 15) is 14.7 Å². The van der Waals surface area contributed by atoms with Crippen molar-refractivity contribution in [2.75, 3.05) is 19.8 Å². The first kappa shape index (κ1) is 18.7. The molecule has 2 aliphatic heterocycles. The minimum absolute atomic E-state index is 0.0660. The van der Waals surface area contributed by atoms with Gasteiger partial charge in [-0.05, 0) is 24.8 Å². The van der Waals surface area contributed by atoms with Gasteiger partial charge in [-0.1, -0.05) is 30.3 Å². The van der Waals surface area contributed by atoms with Crippen LogP contribution in [0.3, 0.4) is 0 Å². The Morgan fingerprint density at radius 3 is 2.79 bits per heavy atom. The van der Waals surface area contributed by atoms with Crippen LogP contribution >= 0.6 is 0 Å². The van der Waals surface area contributed by atoms with E-state index in [0.717, 1.165) is 25.0 Å². The van der Waals surface area contributed by atoms with Crippen molar-refractivity contribution < 1.29 is 19.4 Å². The zero-order valence-electron chi connectivity index (χ0n) is 15.8. The number of aryl methyl sites for hydroxylation is 2. The molecule has 0 saturated carbocycles. The number of amides is 1. The van der Waals surface area contributed by atoms with E-state index in [4.69, 9.17) is 4.74 Å². The maximum absolute atomic E-state index is 12.7. The molecule has 1 aromatic carbocycles. The van der Waals surface area contributed by atoms with Crippen LogP contribution in [0.5, 0.6) is 0 Å². The van der Waals surface area contributed by atoms with Crippen LogP contribution in [0.15, 0.2) is 30.3 Å². The van der Waals surface area contributed by atoms with Gasteiger partial charge in [-0.2, -0.15) is 5.10 Å². The molecule has 1 N–H and O–H groups in total. The van der Waals surface area contributed by atoms with Gasteiger partial charge in [0.15, 0.2) is 5.69 Å². The summed E-state index contributed by atoms with van der Waals surface area (Å²) in [6.07, 6.45) is 3.19. The van der Waals surface area contributed by atoms with Gasteiger partial charge in [-0.25, -0.2) is 4.79 Å². The number of carbonyl (C=O) groups is 2. The fourth-order valence-electron chi connectivity index (χ4n) is 4.10. The zero-order chi connectivity index (χ0) is 19.5. The molecular weight excluding hydrogens is 358 g/mol. The van der Waals surface area contributed by atoms with Crippen LogP contribution in [0.2, 0.25) is 0 Å². The molecule has 1 aromatic heterocycles. The van der Waals surface area contributed by atoms with Crippen LogP contribution in [0.1, 0.15) is 40.2 Å². The average Bonchev–Trinajstić information content (AvgIpc) is 3.36. The SMILES string of the molecule is O=C(O)c1nn(CCCc2ccccc2)c2c1CN(C(=O)[C@H]1CCOC1)CC2. The highest BCUT2D eigenvalue weighted by Crippen LogP contribution is 2.26. The zero-order valence-corrected chi connectivity index (χ0v) is 15.8. The molecule has 0 unspecified atom stereocenters. The maximum atomic E-state index is 12.7. The Balaban J connectivity index is 1.47. The summed E-state index contributed by atoms with van der Waals surface area (Å²) in [4.78, 5) is 26.2. The number of rotatable bonds is 6. The third-order valence-electron chi connectivity index (χ3n) is 5.61. The highest BCUT2D eigenvalue weighted by atomic mass is 16.5. The molecule has 7 heteroatoms. The van der Waals surface area contributed by atoms with Crippen LogP contribution < -0.4 is 0 Å². The summed E-state index contributed by atoms with van der Waals surface area (Å²) in [6, 6.07) is 10.2. The number of fused-ring (bicyclic) bond motifs is 1. The molecule has 148 valence electrons. The van der Waals surface area contributed by atoms with Gasteiger partial charge in [-0.15, -0.1) is 0 Å². The van der Waals surface area contributed by atoms with Crippen molar-refractivity contribution in [1.29, 1.82) is 0 Å².